The number of nitrogens with one attached hydrogen (secondary N) is 2. The van der Waals surface area contributed by atoms with Gasteiger partial charge < -0.3 is 39.5 Å². The first-order valence-electron chi connectivity index (χ1n) is 11.4. The van der Waals surface area contributed by atoms with Gasteiger partial charge in [-0.05, 0) is 0 Å². The van der Waals surface area contributed by atoms with Crippen molar-refractivity contribution in [2.75, 3.05) is 13.2 Å². The van der Waals surface area contributed by atoms with Crippen LogP contribution in [0.4, 0.5) is 0 Å². The van der Waals surface area contributed by atoms with Crippen LogP contribution in [0.1, 0.15) is 12.5 Å². The number of aromatic nitrogens is 4. The van der Waals surface area contributed by atoms with E-state index in [2.05, 4.69) is 4.52 Å². The molecule has 2 aromatic heterocycles. The van der Waals surface area contributed by atoms with Crippen LogP contribution in [0.15, 0.2) is 43.7 Å². The Hall–Kier alpha value is -2.62. The van der Waals surface area contributed by atoms with Gasteiger partial charge in [0.25, 0.3) is 11.1 Å². The van der Waals surface area contributed by atoms with Crippen LogP contribution >= 0.6 is 15.6 Å². The van der Waals surface area contributed by atoms with Crippen LogP contribution < -0.4 is 22.5 Å². The molecule has 23 heteroatoms. The van der Waals surface area contributed by atoms with E-state index in [9.17, 15) is 58.3 Å². The summed E-state index contributed by atoms with van der Waals surface area (Å²) in [6, 6.07) is 1.79. The summed E-state index contributed by atoms with van der Waals surface area (Å²) in [5.41, 5.74) is -3.72. The fourth-order valence-electron chi connectivity index (χ4n) is 4.19. The Kier molecular flexibility index (Phi) is 9.12. The molecule has 2 aromatic rings. The summed E-state index contributed by atoms with van der Waals surface area (Å²) in [4.78, 5) is 79.8. The van der Waals surface area contributed by atoms with Crippen molar-refractivity contribution in [1.29, 1.82) is 0 Å². The third-order valence-electron chi connectivity index (χ3n) is 5.97. The van der Waals surface area contributed by atoms with Crippen molar-refractivity contribution in [3.05, 3.63) is 66.2 Å². The summed E-state index contributed by atoms with van der Waals surface area (Å²) >= 11 is 0. The normalized spacial score (nSPS) is 31.8. The highest BCUT2D eigenvalue weighted by Gasteiger charge is 2.51. The van der Waals surface area contributed by atoms with E-state index >= 15 is 0 Å². The Bertz CT molecular complexity index is 1580. The van der Waals surface area contributed by atoms with Crippen molar-refractivity contribution in [3.8, 4) is 0 Å². The predicted octanol–water partition coefficient (Wildman–Crippen LogP) is -4.42. The number of hydrogen-bond donors (Lipinski definition) is 8. The number of hydrogen-bond acceptors (Lipinski definition) is 14. The molecule has 0 spiro atoms. The highest BCUT2D eigenvalue weighted by atomic mass is 31.2. The van der Waals surface area contributed by atoms with Crippen molar-refractivity contribution >= 4 is 15.6 Å². The van der Waals surface area contributed by atoms with E-state index in [1.165, 1.54) is 0 Å². The Morgan fingerprint density at radius 2 is 1.34 bits per heavy atom. The predicted molar refractivity (Wildman–Crippen MR) is 127 cm³/mol. The largest absolute Gasteiger partial charge is 0.472 e. The Morgan fingerprint density at radius 1 is 0.805 bits per heavy atom. The van der Waals surface area contributed by atoms with Gasteiger partial charge in [0, 0.05) is 24.5 Å². The van der Waals surface area contributed by atoms with E-state index in [0.29, 0.717) is 9.13 Å². The van der Waals surface area contributed by atoms with Crippen LogP contribution in [0.3, 0.4) is 0 Å². The van der Waals surface area contributed by atoms with Crippen LogP contribution in [0.5, 0.6) is 0 Å². The lowest BCUT2D eigenvalue weighted by molar-refractivity contribution is -0.0650. The summed E-state index contributed by atoms with van der Waals surface area (Å²) in [6.07, 6.45) is -12.3. The van der Waals surface area contributed by atoms with Crippen LogP contribution in [-0.2, 0) is 32.2 Å². The van der Waals surface area contributed by atoms with Crippen LogP contribution in [0.2, 0.25) is 0 Å². The third-order valence-corrected chi connectivity index (χ3v) is 7.47. The average Bonchev–Trinajstić information content (AvgIpc) is 3.33. The minimum absolute atomic E-state index is 0.658. The number of rotatable bonds is 10. The monoisotopic (exact) mass is 630 g/mol. The molecule has 2 aliphatic heterocycles. The number of aromatic amines is 2. The molecule has 41 heavy (non-hydrogen) atoms. The van der Waals surface area contributed by atoms with E-state index in [4.69, 9.17) is 18.5 Å². The number of nitrogens with zero attached hydrogens (tertiary/aromatic N) is 2. The van der Waals surface area contributed by atoms with E-state index in [1.807, 2.05) is 9.97 Å². The molecule has 0 saturated carbocycles. The van der Waals surface area contributed by atoms with Crippen molar-refractivity contribution in [3.63, 3.8) is 0 Å². The number of phosphoric ester groups is 2. The number of aliphatic hydroxyl groups excluding tert-OH is 3. The molecule has 0 aromatic carbocycles. The Morgan fingerprint density at radius 3 is 1.85 bits per heavy atom. The number of phosphoric acid groups is 2. The van der Waals surface area contributed by atoms with Gasteiger partial charge in [-0.1, -0.05) is 0 Å². The molecule has 21 nitrogen and oxygen atoms in total. The molecule has 0 radical (unpaired) electrons. The first-order valence-corrected chi connectivity index (χ1v) is 14.4. The molecule has 228 valence electrons. The highest BCUT2D eigenvalue weighted by Crippen LogP contribution is 2.50. The Balaban J connectivity index is 1.54. The summed E-state index contributed by atoms with van der Waals surface area (Å²) < 4.78 is 50.8. The maximum absolute atomic E-state index is 12.8. The van der Waals surface area contributed by atoms with E-state index in [1.54, 1.807) is 0 Å². The minimum Gasteiger partial charge on any atom is -0.394 e. The Labute approximate surface area is 226 Å². The van der Waals surface area contributed by atoms with Gasteiger partial charge in [0.05, 0.1) is 13.2 Å². The zero-order chi connectivity index (χ0) is 30.3. The SMILES string of the molecule is O=c1ccn([C@@H]2O[C@H](COP(=O)(O)O[C@@H]3[C@H](O)[C@@H](CO)O[C@H]3n3ccc(=O)[nH]c3=O)[C@@H](OP(=O)(O)O)[C@H]2O)c(=O)[nH]1. The van der Waals surface area contributed by atoms with E-state index < -0.39 is 100 Å². The first-order chi connectivity index (χ1) is 19.1. The molecule has 0 amide bonds. The lowest BCUT2D eigenvalue weighted by Gasteiger charge is -2.25. The molecule has 1 unspecified atom stereocenters. The molecular weight excluding hydrogens is 606 g/mol. The molecule has 4 rings (SSSR count). The van der Waals surface area contributed by atoms with Gasteiger partial charge in [0.2, 0.25) is 0 Å². The second-order valence-electron chi connectivity index (χ2n) is 8.72. The molecule has 0 bridgehead atoms. The summed E-state index contributed by atoms with van der Waals surface area (Å²) in [5, 5.41) is 30.5. The molecule has 8 N–H and O–H groups in total. The standard InChI is InChI=1S/C18H24N4O17P2/c23-5-7-11(26)14(16(36-7)22-4-2-10(25)20-18(22)29)39-41(33,34)35-6-8-13(38-40(30,31)32)12(27)15(37-8)21-3-1-9(24)19-17(21)28/h1-4,7-8,11-16,23,26-27H,5-6H2,(H,33,34)(H,19,24,28)(H,20,25,29)(H2,30,31,32)/t7-,8-,11-,12-,13-,14-,15-,16-/m1/s1. The zero-order valence-electron chi connectivity index (χ0n) is 20.3. The summed E-state index contributed by atoms with van der Waals surface area (Å²) in [7, 11) is -10.6. The maximum Gasteiger partial charge on any atom is 0.472 e. The smallest absolute Gasteiger partial charge is 0.394 e. The molecule has 4 heterocycles. The zero-order valence-corrected chi connectivity index (χ0v) is 22.1. The minimum atomic E-state index is -5.32. The van der Waals surface area contributed by atoms with Gasteiger partial charge in [-0.3, -0.25) is 42.3 Å². The molecule has 0 aliphatic carbocycles. The number of aliphatic hydroxyl groups is 3. The fraction of sp³-hybridized carbons (Fsp3) is 0.556. The average molecular weight is 630 g/mol. The lowest BCUT2D eigenvalue weighted by Crippen LogP contribution is -2.39. The van der Waals surface area contributed by atoms with Gasteiger partial charge in [-0.25, -0.2) is 18.7 Å². The molecule has 2 aliphatic rings. The maximum atomic E-state index is 12.8. The van der Waals surface area contributed by atoms with Crippen molar-refractivity contribution in [1.82, 2.24) is 19.1 Å². The molecule has 9 atom stereocenters. The van der Waals surface area contributed by atoms with E-state index in [-0.39, 0.29) is 0 Å². The topological polar surface area (TPSA) is 311 Å². The summed E-state index contributed by atoms with van der Waals surface area (Å²) in [6.45, 7) is -1.88. The van der Waals surface area contributed by atoms with Crippen LogP contribution in [0.25, 0.3) is 0 Å². The number of ether oxygens (including phenoxy) is 2. The second kappa shape index (κ2) is 11.9. The van der Waals surface area contributed by atoms with Crippen LogP contribution in [0, 0.1) is 0 Å². The van der Waals surface area contributed by atoms with Crippen LogP contribution in [-0.4, -0.2) is 98.9 Å². The molecule has 2 saturated heterocycles. The summed E-state index contributed by atoms with van der Waals surface area (Å²) in [5.74, 6) is 0. The molecular formula is C18H24N4O17P2. The lowest BCUT2D eigenvalue weighted by atomic mass is 10.1. The van der Waals surface area contributed by atoms with Gasteiger partial charge in [0.1, 0.15) is 36.6 Å². The first kappa shape index (κ1) is 31.3. The molecule has 2 fully saturated rings. The quantitative estimate of drug-likeness (QED) is 0.115. The highest BCUT2D eigenvalue weighted by molar-refractivity contribution is 7.47. The van der Waals surface area contributed by atoms with Gasteiger partial charge >= 0.3 is 27.0 Å². The van der Waals surface area contributed by atoms with Gasteiger partial charge in [-0.15, -0.1) is 0 Å². The second-order valence-corrected chi connectivity index (χ2v) is 11.3. The van der Waals surface area contributed by atoms with Crippen molar-refractivity contribution in [2.24, 2.45) is 0 Å². The van der Waals surface area contributed by atoms with Crippen molar-refractivity contribution < 1.29 is 62.2 Å². The third kappa shape index (κ3) is 7.07. The van der Waals surface area contributed by atoms with Gasteiger partial charge in [0.15, 0.2) is 12.5 Å². The van der Waals surface area contributed by atoms with Crippen molar-refractivity contribution in [2.45, 2.75) is 49.1 Å². The fourth-order valence-corrected chi connectivity index (χ4v) is 5.70. The number of H-pyrrole nitrogens is 2. The van der Waals surface area contributed by atoms with Gasteiger partial charge in [-0.2, -0.15) is 0 Å². The van der Waals surface area contributed by atoms with E-state index in [0.717, 1.165) is 24.5 Å².